The maximum atomic E-state index is 10.4. The molecule has 1 heterocycles. The predicted molar refractivity (Wildman–Crippen MR) is 30.5 cm³/mol. The van der Waals surface area contributed by atoms with Crippen molar-refractivity contribution in [3.63, 3.8) is 0 Å². The molecule has 0 aromatic carbocycles. The first kappa shape index (κ1) is 6.11. The summed E-state index contributed by atoms with van der Waals surface area (Å²) in [6.07, 6.45) is 0. The molecule has 0 bridgehead atoms. The van der Waals surface area contributed by atoms with Gasteiger partial charge < -0.3 is 0 Å². The number of amides is 2. The van der Waals surface area contributed by atoms with Gasteiger partial charge in [-0.15, -0.1) is 0 Å². The van der Waals surface area contributed by atoms with E-state index in [1.165, 1.54) is 0 Å². The van der Waals surface area contributed by atoms with Crippen LogP contribution in [0.1, 0.15) is 0 Å². The third kappa shape index (κ3) is 1.03. The van der Waals surface area contributed by atoms with Gasteiger partial charge in [0, 0.05) is 0 Å². The van der Waals surface area contributed by atoms with Gasteiger partial charge in [0.05, 0.1) is 6.07 Å². The lowest BCUT2D eigenvalue weighted by molar-refractivity contribution is -0.118. The first-order valence-electron chi connectivity index (χ1n) is 2.15. The molecule has 1 aliphatic heterocycles. The van der Waals surface area contributed by atoms with E-state index in [2.05, 4.69) is 0 Å². The Balaban J connectivity index is 2.72. The summed E-state index contributed by atoms with van der Waals surface area (Å²) in [6.45, 7) is 0. The molecule has 1 fully saturated rings. The van der Waals surface area contributed by atoms with Crippen molar-refractivity contribution in [2.45, 2.75) is 5.25 Å². The van der Waals surface area contributed by atoms with Crippen molar-refractivity contribution < 1.29 is 9.59 Å². The van der Waals surface area contributed by atoms with Gasteiger partial charge in [0.15, 0.2) is 5.25 Å². The third-order valence-corrected chi connectivity index (χ3v) is 1.68. The zero-order chi connectivity index (χ0) is 6.85. The van der Waals surface area contributed by atoms with Crippen molar-refractivity contribution >= 4 is 22.9 Å². The van der Waals surface area contributed by atoms with Crippen molar-refractivity contribution in [2.75, 3.05) is 0 Å². The highest BCUT2D eigenvalue weighted by atomic mass is 32.2. The second-order valence-electron chi connectivity index (χ2n) is 1.40. The lowest BCUT2D eigenvalue weighted by atomic mass is 10.4. The highest BCUT2D eigenvalue weighted by molar-refractivity contribution is 8.15. The van der Waals surface area contributed by atoms with Crippen LogP contribution >= 0.6 is 11.8 Å². The summed E-state index contributed by atoms with van der Waals surface area (Å²) in [6, 6.07) is 1.67. The second-order valence-corrected chi connectivity index (χ2v) is 2.48. The molecule has 1 atom stereocenters. The molecule has 1 saturated heterocycles. The van der Waals surface area contributed by atoms with Gasteiger partial charge in [-0.3, -0.25) is 14.9 Å². The number of nitriles is 1. The molecule has 5 heteroatoms. The van der Waals surface area contributed by atoms with E-state index >= 15 is 0 Å². The van der Waals surface area contributed by atoms with Gasteiger partial charge in [-0.05, 0) is 11.8 Å². The van der Waals surface area contributed by atoms with Gasteiger partial charge in [0.1, 0.15) is 0 Å². The van der Waals surface area contributed by atoms with Crippen LogP contribution in [0.4, 0.5) is 4.79 Å². The first-order valence-corrected chi connectivity index (χ1v) is 3.03. The van der Waals surface area contributed by atoms with Crippen LogP contribution in [0.2, 0.25) is 0 Å². The van der Waals surface area contributed by atoms with Crippen molar-refractivity contribution in [3.05, 3.63) is 0 Å². The molecular formula is C4H2N2O2S. The minimum atomic E-state index is -0.836. The number of nitrogens with zero attached hydrogens (tertiary/aromatic N) is 1. The van der Waals surface area contributed by atoms with Crippen molar-refractivity contribution in [2.24, 2.45) is 0 Å². The molecule has 1 unspecified atom stereocenters. The predicted octanol–water partition coefficient (Wildman–Crippen LogP) is -0.138. The fraction of sp³-hybridized carbons (Fsp3) is 0.250. The van der Waals surface area contributed by atoms with Crippen LogP contribution in [0.15, 0.2) is 0 Å². The van der Waals surface area contributed by atoms with Gasteiger partial charge in [-0.1, -0.05) is 0 Å². The Morgan fingerprint density at radius 1 is 1.67 bits per heavy atom. The summed E-state index contributed by atoms with van der Waals surface area (Å²) in [5, 5.41) is 8.88. The van der Waals surface area contributed by atoms with Crippen LogP contribution in [-0.2, 0) is 4.79 Å². The van der Waals surface area contributed by atoms with Crippen LogP contribution in [0.3, 0.4) is 0 Å². The molecule has 1 rings (SSSR count). The average molecular weight is 142 g/mol. The summed E-state index contributed by atoms with van der Waals surface area (Å²) < 4.78 is 0. The quantitative estimate of drug-likeness (QED) is 0.511. The van der Waals surface area contributed by atoms with Crippen LogP contribution in [0, 0.1) is 11.3 Å². The van der Waals surface area contributed by atoms with Gasteiger partial charge in [-0.2, -0.15) is 5.26 Å². The molecule has 0 aliphatic carbocycles. The smallest absolute Gasteiger partial charge is 0.285 e. The zero-order valence-corrected chi connectivity index (χ0v) is 5.07. The van der Waals surface area contributed by atoms with Crippen molar-refractivity contribution in [1.29, 1.82) is 5.26 Å². The Hall–Kier alpha value is -1.02. The van der Waals surface area contributed by atoms with Gasteiger partial charge >= 0.3 is 0 Å². The van der Waals surface area contributed by atoms with Crippen LogP contribution in [0.5, 0.6) is 0 Å². The SMILES string of the molecule is N#CC1SC(=O)NC1=O. The maximum Gasteiger partial charge on any atom is 0.287 e. The van der Waals surface area contributed by atoms with E-state index in [0.29, 0.717) is 11.8 Å². The largest absolute Gasteiger partial charge is 0.287 e. The summed E-state index contributed by atoms with van der Waals surface area (Å²) in [7, 11) is 0. The molecule has 0 radical (unpaired) electrons. The van der Waals surface area contributed by atoms with E-state index in [1.54, 1.807) is 6.07 Å². The summed E-state index contributed by atoms with van der Waals surface area (Å²) in [5.74, 6) is -0.507. The number of hydrogen-bond acceptors (Lipinski definition) is 4. The molecule has 46 valence electrons. The molecule has 2 amide bonds. The Bertz CT molecular complexity index is 207. The van der Waals surface area contributed by atoms with E-state index < -0.39 is 16.4 Å². The number of carbonyl (C=O) groups excluding carboxylic acids is 2. The van der Waals surface area contributed by atoms with Gasteiger partial charge in [0.2, 0.25) is 0 Å². The monoisotopic (exact) mass is 142 g/mol. The number of carbonyl (C=O) groups is 2. The van der Waals surface area contributed by atoms with Crippen LogP contribution in [-0.4, -0.2) is 16.4 Å². The second kappa shape index (κ2) is 2.07. The molecule has 0 aromatic rings. The molecule has 0 spiro atoms. The van der Waals surface area contributed by atoms with E-state index in [9.17, 15) is 9.59 Å². The number of rotatable bonds is 0. The topological polar surface area (TPSA) is 70.0 Å². The Morgan fingerprint density at radius 3 is 2.56 bits per heavy atom. The average Bonchev–Trinajstić information content (AvgIpc) is 2.10. The summed E-state index contributed by atoms with van der Waals surface area (Å²) in [5.41, 5.74) is 0. The molecule has 9 heavy (non-hydrogen) atoms. The van der Waals surface area contributed by atoms with Gasteiger partial charge in [0.25, 0.3) is 11.1 Å². The number of nitrogens with one attached hydrogen (secondary N) is 1. The fourth-order valence-electron chi connectivity index (χ4n) is 0.441. The normalized spacial score (nSPS) is 25.4. The maximum absolute atomic E-state index is 10.4. The highest BCUT2D eigenvalue weighted by Gasteiger charge is 2.30. The molecule has 0 saturated carbocycles. The minimum absolute atomic E-state index is 0.438. The number of thioether (sulfide) groups is 1. The number of hydrogen-bond donors (Lipinski definition) is 1. The first-order chi connectivity index (χ1) is 4.24. The highest BCUT2D eigenvalue weighted by Crippen LogP contribution is 2.16. The molecule has 4 nitrogen and oxygen atoms in total. The van der Waals surface area contributed by atoms with Gasteiger partial charge in [-0.25, -0.2) is 0 Å². The Kier molecular flexibility index (Phi) is 1.40. The third-order valence-electron chi connectivity index (χ3n) is 0.806. The minimum Gasteiger partial charge on any atom is -0.285 e. The Labute approximate surface area is 55.2 Å². The van der Waals surface area contributed by atoms with Crippen molar-refractivity contribution in [1.82, 2.24) is 5.32 Å². The van der Waals surface area contributed by atoms with E-state index in [0.717, 1.165) is 0 Å². The Morgan fingerprint density at radius 2 is 2.33 bits per heavy atom. The summed E-state index contributed by atoms with van der Waals surface area (Å²) >= 11 is 0.713. The van der Waals surface area contributed by atoms with E-state index in [-0.39, 0.29) is 0 Å². The molecular weight excluding hydrogens is 140 g/mol. The van der Waals surface area contributed by atoms with E-state index in [1.807, 2.05) is 5.32 Å². The van der Waals surface area contributed by atoms with Crippen LogP contribution < -0.4 is 5.32 Å². The lowest BCUT2D eigenvalue weighted by Gasteiger charge is -1.84. The summed E-state index contributed by atoms with van der Waals surface area (Å²) in [4.78, 5) is 20.7. The lowest BCUT2D eigenvalue weighted by Crippen LogP contribution is -2.22. The molecule has 1 N–H and O–H groups in total. The zero-order valence-electron chi connectivity index (χ0n) is 4.25. The molecule has 0 aromatic heterocycles. The van der Waals surface area contributed by atoms with Crippen LogP contribution in [0.25, 0.3) is 0 Å². The standard InChI is InChI=1S/C4H2N2O2S/c5-1-2-3(7)6-4(8)9-2/h2H,(H,6,7,8). The van der Waals surface area contributed by atoms with E-state index in [4.69, 9.17) is 5.26 Å². The number of imide groups is 1. The fourth-order valence-corrected chi connectivity index (χ4v) is 1.03. The van der Waals surface area contributed by atoms with Crippen molar-refractivity contribution in [3.8, 4) is 6.07 Å². The molecule has 1 aliphatic rings.